The second-order valence-electron chi connectivity index (χ2n) is 14.9. The van der Waals surface area contributed by atoms with Crippen LogP contribution < -0.4 is 35.8 Å². The molecule has 3 aromatic rings. The number of nitrogens with zero attached hydrogens (tertiary/aromatic N) is 6. The maximum absolute atomic E-state index is 12.9. The van der Waals surface area contributed by atoms with Gasteiger partial charge in [-0.25, -0.2) is 9.78 Å². The molecule has 3 aliphatic rings. The van der Waals surface area contributed by atoms with E-state index < -0.39 is 0 Å². The molecule has 16 heteroatoms. The summed E-state index contributed by atoms with van der Waals surface area (Å²) in [6, 6.07) is 12.3. The number of unbranched alkanes of at least 4 members (excludes halogenated alkanes) is 3. The summed E-state index contributed by atoms with van der Waals surface area (Å²) in [5, 5.41) is 12.6. The normalized spacial score (nSPS) is 18.8. The predicted molar refractivity (Wildman–Crippen MR) is 223 cm³/mol. The molecule has 4 amide bonds. The number of urea groups is 1. The summed E-state index contributed by atoms with van der Waals surface area (Å²) in [5.41, 5.74) is 2.01. The van der Waals surface area contributed by atoms with Crippen molar-refractivity contribution in [3.63, 3.8) is 0 Å². The number of Topliss-reactive ketones (excluding diaryl/α,β-unsaturated/α-hetero) is 1. The number of hydrogen-bond acceptors (Lipinski definition) is 12. The number of fused-ring (bicyclic) bond motifs is 1. The summed E-state index contributed by atoms with van der Waals surface area (Å²) in [6.07, 6.45) is 11.6. The Hall–Kier alpha value is -4.96. The number of carbonyl (C=O) groups is 4. The fourth-order valence-electron chi connectivity index (χ4n) is 7.29. The molecule has 15 nitrogen and oxygen atoms in total. The fraction of sp³-hybridized carbons (Fsp3) is 0.537. The zero-order chi connectivity index (χ0) is 40.0. The van der Waals surface area contributed by atoms with Crippen LogP contribution in [0.25, 0.3) is 11.1 Å². The topological polar surface area (TPSA) is 174 Å². The van der Waals surface area contributed by atoms with E-state index in [0.29, 0.717) is 74.8 Å². The number of benzene rings is 1. The lowest BCUT2D eigenvalue weighted by molar-refractivity contribution is -0.131. The number of pyridine rings is 1. The van der Waals surface area contributed by atoms with Gasteiger partial charge >= 0.3 is 6.03 Å². The van der Waals surface area contributed by atoms with Gasteiger partial charge in [0.05, 0.1) is 31.0 Å². The van der Waals surface area contributed by atoms with E-state index >= 15 is 0 Å². The van der Waals surface area contributed by atoms with E-state index in [1.807, 2.05) is 65.1 Å². The highest BCUT2D eigenvalue weighted by Gasteiger charge is 2.42. The van der Waals surface area contributed by atoms with Crippen molar-refractivity contribution in [3.05, 3.63) is 55.0 Å². The molecular formula is C41H56N10O5S. The van der Waals surface area contributed by atoms with Gasteiger partial charge in [0.2, 0.25) is 17.7 Å². The van der Waals surface area contributed by atoms with Gasteiger partial charge in [-0.3, -0.25) is 19.4 Å². The molecule has 0 spiro atoms. The maximum Gasteiger partial charge on any atom is 0.315 e. The van der Waals surface area contributed by atoms with E-state index in [2.05, 4.69) is 42.2 Å². The Bertz CT molecular complexity index is 1790. The molecule has 5 heterocycles. The van der Waals surface area contributed by atoms with E-state index in [-0.39, 0.29) is 35.7 Å². The molecule has 1 aromatic carbocycles. The van der Waals surface area contributed by atoms with Crippen molar-refractivity contribution in [1.82, 2.24) is 41.1 Å². The Kier molecular flexibility index (Phi) is 15.3. The van der Waals surface area contributed by atoms with Gasteiger partial charge in [-0.05, 0) is 62.4 Å². The summed E-state index contributed by atoms with van der Waals surface area (Å²) >= 11 is 1.91. The monoisotopic (exact) mass is 800 g/mol. The number of ether oxygens (including phenoxy) is 1. The Morgan fingerprint density at radius 2 is 1.70 bits per heavy atom. The number of thioether (sulfide) groups is 1. The summed E-state index contributed by atoms with van der Waals surface area (Å²) < 4.78 is 5.99. The van der Waals surface area contributed by atoms with Gasteiger partial charge in [0.1, 0.15) is 17.4 Å². The van der Waals surface area contributed by atoms with Gasteiger partial charge < -0.3 is 40.7 Å². The van der Waals surface area contributed by atoms with E-state index in [1.54, 1.807) is 19.3 Å². The number of hydrogen-bond donors (Lipinski definition) is 4. The number of likely N-dealkylation sites (N-methyl/N-ethyl adjacent to an activating group) is 1. The van der Waals surface area contributed by atoms with Crippen LogP contribution in [0.3, 0.4) is 0 Å². The zero-order valence-electron chi connectivity index (χ0n) is 33.1. The van der Waals surface area contributed by atoms with Crippen LogP contribution in [-0.2, 0) is 14.4 Å². The van der Waals surface area contributed by atoms with Crippen molar-refractivity contribution in [2.24, 2.45) is 0 Å². The van der Waals surface area contributed by atoms with Crippen molar-refractivity contribution in [3.8, 4) is 22.8 Å². The van der Waals surface area contributed by atoms with Gasteiger partial charge in [-0.2, -0.15) is 16.7 Å². The molecule has 0 aliphatic carbocycles. The summed E-state index contributed by atoms with van der Waals surface area (Å²) in [4.78, 5) is 67.6. The first kappa shape index (κ1) is 41.7. The molecule has 4 N–H and O–H groups in total. The minimum Gasteiger partial charge on any atom is -0.437 e. The van der Waals surface area contributed by atoms with E-state index in [1.165, 1.54) is 0 Å². The van der Waals surface area contributed by atoms with Crippen molar-refractivity contribution < 1.29 is 23.9 Å². The summed E-state index contributed by atoms with van der Waals surface area (Å²) in [7, 11) is 1.92. The molecule has 3 unspecified atom stereocenters. The van der Waals surface area contributed by atoms with Crippen LogP contribution in [0.15, 0.2) is 55.0 Å². The molecule has 0 radical (unpaired) electrons. The minimum atomic E-state index is -0.0591. The van der Waals surface area contributed by atoms with E-state index in [4.69, 9.17) is 9.72 Å². The number of carbonyl (C=O) groups excluding carboxylic acids is 4. The lowest BCUT2D eigenvalue weighted by Gasteiger charge is -2.35. The second kappa shape index (κ2) is 21.0. The van der Waals surface area contributed by atoms with E-state index in [9.17, 15) is 19.2 Å². The number of aromatic nitrogens is 3. The second-order valence-corrected chi connectivity index (χ2v) is 16.2. The number of piperazine rings is 1. The SMILES string of the molecule is CC(=O)CNCCN(C)c1cncc(Oc2ccc(-c3ccc(N4CCN(C(=O)CCCCCNC(=O)CCCCC5SCC6NC(=O)NC65)CC4)nc3)cc2)n1. The Morgan fingerprint density at radius 1 is 0.912 bits per heavy atom. The third-order valence-electron chi connectivity index (χ3n) is 10.6. The minimum absolute atomic E-state index is 0.0591. The van der Waals surface area contributed by atoms with Crippen molar-refractivity contribution >= 4 is 47.0 Å². The predicted octanol–water partition coefficient (Wildman–Crippen LogP) is 4.00. The first-order chi connectivity index (χ1) is 27.7. The van der Waals surface area contributed by atoms with Crippen LogP contribution >= 0.6 is 11.8 Å². The van der Waals surface area contributed by atoms with Crippen molar-refractivity contribution in [2.75, 3.05) is 75.0 Å². The average molecular weight is 801 g/mol. The zero-order valence-corrected chi connectivity index (χ0v) is 33.9. The molecule has 3 atom stereocenters. The molecule has 0 saturated carbocycles. The highest BCUT2D eigenvalue weighted by Crippen LogP contribution is 2.33. The third-order valence-corrected chi connectivity index (χ3v) is 12.1. The van der Waals surface area contributed by atoms with Gasteiger partial charge in [-0.1, -0.05) is 25.0 Å². The number of nitrogens with one attached hydrogen (secondary N) is 4. The molecular weight excluding hydrogens is 745 g/mol. The Morgan fingerprint density at radius 3 is 2.47 bits per heavy atom. The molecule has 0 bridgehead atoms. The average Bonchev–Trinajstić information content (AvgIpc) is 3.78. The first-order valence-electron chi connectivity index (χ1n) is 20.2. The summed E-state index contributed by atoms with van der Waals surface area (Å²) in [5.74, 6) is 3.95. The molecule has 3 fully saturated rings. The van der Waals surface area contributed by atoms with Crippen LogP contribution in [0.1, 0.15) is 58.3 Å². The van der Waals surface area contributed by atoms with Crippen LogP contribution in [0.4, 0.5) is 16.4 Å². The molecule has 3 saturated heterocycles. The lowest BCUT2D eigenvalue weighted by Crippen LogP contribution is -2.49. The number of anilines is 2. The number of ketones is 1. The van der Waals surface area contributed by atoms with Crippen LogP contribution in [0.2, 0.25) is 0 Å². The van der Waals surface area contributed by atoms with Crippen LogP contribution in [-0.4, -0.2) is 126 Å². The van der Waals surface area contributed by atoms with Gasteiger partial charge in [0.25, 0.3) is 0 Å². The quantitative estimate of drug-likeness (QED) is 0.0903. The Labute approximate surface area is 339 Å². The smallest absolute Gasteiger partial charge is 0.315 e. The molecule has 306 valence electrons. The highest BCUT2D eigenvalue weighted by atomic mass is 32.2. The lowest BCUT2D eigenvalue weighted by atomic mass is 10.0. The van der Waals surface area contributed by atoms with Gasteiger partial charge in [-0.15, -0.1) is 0 Å². The fourth-order valence-corrected chi connectivity index (χ4v) is 8.83. The third kappa shape index (κ3) is 12.5. The van der Waals surface area contributed by atoms with Crippen LogP contribution in [0, 0.1) is 0 Å². The highest BCUT2D eigenvalue weighted by molar-refractivity contribution is 8.00. The Balaban J connectivity index is 0.824. The largest absolute Gasteiger partial charge is 0.437 e. The molecule has 57 heavy (non-hydrogen) atoms. The maximum atomic E-state index is 12.9. The standard InChI is InChI=1S/C41H56N10O5S/c1-29(52)24-42-18-19-49(2)36-26-43-27-38(47-36)56-32-14-11-30(12-15-32)31-13-16-35(45-25-31)50-20-22-51(23-21-50)39(54)10-4-3-7-17-44-37(53)9-6-5-8-34-40-33(28-57-34)46-41(55)48-40/h11-16,25-27,33-34,40,42H,3-10,17-24,28H2,1-2H3,(H,44,53)(H2,46,48,55). The first-order valence-corrected chi connectivity index (χ1v) is 21.2. The van der Waals surface area contributed by atoms with Crippen LogP contribution in [0.5, 0.6) is 11.6 Å². The molecule has 3 aliphatic heterocycles. The van der Waals surface area contributed by atoms with Gasteiger partial charge in [0.15, 0.2) is 5.82 Å². The molecule has 2 aromatic heterocycles. The summed E-state index contributed by atoms with van der Waals surface area (Å²) in [6.45, 7) is 6.69. The number of amides is 4. The van der Waals surface area contributed by atoms with Crippen molar-refractivity contribution in [2.45, 2.75) is 75.6 Å². The molecule has 6 rings (SSSR count). The van der Waals surface area contributed by atoms with E-state index in [0.717, 1.165) is 74.3 Å². The number of rotatable bonds is 21. The van der Waals surface area contributed by atoms with Gasteiger partial charge in [0, 0.05) is 88.5 Å². The van der Waals surface area contributed by atoms with Crippen molar-refractivity contribution in [1.29, 1.82) is 0 Å².